The fraction of sp³-hybridized carbons (Fsp3) is 0.200. The number of hydrogen-bond acceptors (Lipinski definition) is 3. The number of fused-ring (bicyclic) bond motifs is 2. The largest absolute Gasteiger partial charge is 0.347 e. The minimum atomic E-state index is -0.233. The minimum Gasteiger partial charge on any atom is -0.347 e. The van der Waals surface area contributed by atoms with Crippen molar-refractivity contribution in [3.05, 3.63) is 112 Å². The van der Waals surface area contributed by atoms with Crippen molar-refractivity contribution in [3.8, 4) is 6.07 Å². The first kappa shape index (κ1) is 22.1. The summed E-state index contributed by atoms with van der Waals surface area (Å²) in [6.45, 7) is 5.43. The highest BCUT2D eigenvalue weighted by Crippen LogP contribution is 2.49. The molecule has 0 spiro atoms. The van der Waals surface area contributed by atoms with Crippen LogP contribution < -0.4 is 9.47 Å². The first-order chi connectivity index (χ1) is 16.5. The average molecular weight is 463 g/mol. The molecule has 1 atom stereocenters. The smallest absolute Gasteiger partial charge is 0.262 e. The zero-order valence-corrected chi connectivity index (χ0v) is 20.6. The fourth-order valence-corrected chi connectivity index (χ4v) is 6.33. The third-order valence-electron chi connectivity index (χ3n) is 6.85. The van der Waals surface area contributed by atoms with E-state index in [0.717, 1.165) is 13.0 Å². The van der Waals surface area contributed by atoms with Gasteiger partial charge < -0.3 is 4.90 Å². The lowest BCUT2D eigenvalue weighted by Crippen LogP contribution is -2.33. The van der Waals surface area contributed by atoms with Crippen LogP contribution in [0.4, 0.5) is 5.69 Å². The molecular formula is C30H28N3S+. The molecule has 1 aliphatic rings. The van der Waals surface area contributed by atoms with Crippen LogP contribution in [0, 0.1) is 11.3 Å². The molecule has 0 bridgehead atoms. The van der Waals surface area contributed by atoms with Gasteiger partial charge in [0.2, 0.25) is 5.52 Å². The second kappa shape index (κ2) is 8.93. The molecule has 0 saturated heterocycles. The molecule has 34 heavy (non-hydrogen) atoms. The van der Waals surface area contributed by atoms with Gasteiger partial charge >= 0.3 is 0 Å². The Morgan fingerprint density at radius 2 is 1.82 bits per heavy atom. The minimum absolute atomic E-state index is 0.233. The molecule has 0 fully saturated rings. The first-order valence-corrected chi connectivity index (χ1v) is 12.5. The van der Waals surface area contributed by atoms with Crippen LogP contribution in [0.2, 0.25) is 0 Å². The van der Waals surface area contributed by atoms with Gasteiger partial charge in [-0.15, -0.1) is 0 Å². The summed E-state index contributed by atoms with van der Waals surface area (Å²) in [6.07, 6.45) is 7.53. The highest BCUT2D eigenvalue weighted by Gasteiger charge is 2.42. The van der Waals surface area contributed by atoms with Crippen LogP contribution in [-0.4, -0.2) is 7.05 Å². The number of hydrogen-bond donors (Lipinski definition) is 0. The van der Waals surface area contributed by atoms with Gasteiger partial charge in [-0.2, -0.15) is 9.83 Å². The van der Waals surface area contributed by atoms with Crippen LogP contribution in [0.5, 0.6) is 0 Å². The first-order valence-electron chi connectivity index (χ1n) is 11.7. The van der Waals surface area contributed by atoms with Gasteiger partial charge in [0.1, 0.15) is 11.2 Å². The number of anilines is 1. The number of likely N-dealkylation sites (N-methyl/N-ethyl adjacent to an activating group) is 1. The van der Waals surface area contributed by atoms with E-state index >= 15 is 0 Å². The molecule has 1 aliphatic heterocycles. The Labute approximate surface area is 205 Å². The lowest BCUT2D eigenvalue weighted by molar-refractivity contribution is -0.665. The second-order valence-electron chi connectivity index (χ2n) is 8.96. The molecule has 0 aliphatic carbocycles. The normalized spacial score (nSPS) is 18.6. The van der Waals surface area contributed by atoms with E-state index in [1.54, 1.807) is 0 Å². The van der Waals surface area contributed by atoms with Crippen LogP contribution in [0.15, 0.2) is 90.6 Å². The Hall–Kier alpha value is -3.68. The molecule has 4 heteroatoms. The molecular weight excluding hydrogens is 434 g/mol. The van der Waals surface area contributed by atoms with Gasteiger partial charge in [-0.1, -0.05) is 59.9 Å². The zero-order chi connectivity index (χ0) is 23.7. The predicted octanol–water partition coefficient (Wildman–Crippen LogP) is 6.63. The summed E-state index contributed by atoms with van der Waals surface area (Å²) in [4.78, 5) is 2.28. The Kier molecular flexibility index (Phi) is 5.81. The molecule has 168 valence electrons. The standard InChI is InChI=1S/C30H28N3S/c1-4-33-26-13-8-9-14-27(26)34-29(33)16-10-15-28-30(2,20-22-11-6-5-7-12-22)24-19-23(21-31)17-18-25(24)32(28)3/h5-19H,4,20H2,1-3H3/q+1. The van der Waals surface area contributed by atoms with Crippen LogP contribution in [0.1, 0.15) is 35.5 Å². The van der Waals surface area contributed by atoms with Crippen molar-refractivity contribution in [2.24, 2.45) is 0 Å². The van der Waals surface area contributed by atoms with Crippen molar-refractivity contribution in [1.82, 2.24) is 0 Å². The number of aryl methyl sites for hydroxylation is 1. The molecule has 0 amide bonds. The van der Waals surface area contributed by atoms with Gasteiger partial charge in [-0.3, -0.25) is 0 Å². The molecule has 3 nitrogen and oxygen atoms in total. The van der Waals surface area contributed by atoms with Gasteiger partial charge in [0.15, 0.2) is 0 Å². The van der Waals surface area contributed by atoms with Gasteiger partial charge in [0.25, 0.3) is 5.01 Å². The van der Waals surface area contributed by atoms with E-state index in [2.05, 4.69) is 121 Å². The lowest BCUT2D eigenvalue weighted by Gasteiger charge is -2.29. The second-order valence-corrected chi connectivity index (χ2v) is 10.0. The highest BCUT2D eigenvalue weighted by molar-refractivity contribution is 7.18. The van der Waals surface area contributed by atoms with Gasteiger partial charge in [-0.05, 0) is 61.7 Å². The van der Waals surface area contributed by atoms with Crippen molar-refractivity contribution in [2.75, 3.05) is 11.9 Å². The molecule has 1 unspecified atom stereocenters. The van der Waals surface area contributed by atoms with E-state index in [9.17, 15) is 5.26 Å². The summed E-state index contributed by atoms with van der Waals surface area (Å²) >= 11 is 1.82. The number of thiazole rings is 1. The van der Waals surface area contributed by atoms with E-state index in [-0.39, 0.29) is 5.41 Å². The van der Waals surface area contributed by atoms with Crippen LogP contribution in [0.25, 0.3) is 16.3 Å². The Morgan fingerprint density at radius 1 is 1.06 bits per heavy atom. The molecule has 4 aromatic rings. The van der Waals surface area contributed by atoms with Crippen LogP contribution >= 0.6 is 11.3 Å². The number of benzene rings is 3. The summed E-state index contributed by atoms with van der Waals surface area (Å²) in [5.74, 6) is 0. The van der Waals surface area contributed by atoms with Crippen LogP contribution in [0.3, 0.4) is 0 Å². The van der Waals surface area contributed by atoms with Gasteiger partial charge in [0.05, 0.1) is 11.6 Å². The van der Waals surface area contributed by atoms with E-state index < -0.39 is 0 Å². The highest BCUT2D eigenvalue weighted by atomic mass is 32.1. The molecule has 1 aromatic heterocycles. The maximum atomic E-state index is 9.55. The zero-order valence-electron chi connectivity index (χ0n) is 19.8. The number of allylic oxidation sites excluding steroid dienone is 3. The summed E-state index contributed by atoms with van der Waals surface area (Å²) in [6, 6.07) is 27.6. The van der Waals surface area contributed by atoms with E-state index in [0.29, 0.717) is 5.56 Å². The quantitative estimate of drug-likeness (QED) is 0.312. The van der Waals surface area contributed by atoms with Crippen molar-refractivity contribution in [2.45, 2.75) is 32.2 Å². The van der Waals surface area contributed by atoms with Crippen LogP contribution in [-0.2, 0) is 18.4 Å². The van der Waals surface area contributed by atoms with Crippen molar-refractivity contribution >= 4 is 33.3 Å². The number of nitriles is 1. The fourth-order valence-electron chi connectivity index (χ4n) is 5.19. The SMILES string of the molecule is CC[n+]1c(C=CC=C2N(C)c3ccc(C#N)cc3C2(C)Cc2ccccc2)sc2ccccc21. The topological polar surface area (TPSA) is 30.9 Å². The van der Waals surface area contributed by atoms with Gasteiger partial charge in [0, 0.05) is 36.0 Å². The summed E-state index contributed by atoms with van der Waals surface area (Å²) < 4.78 is 3.67. The number of para-hydroxylation sites is 1. The molecule has 3 aromatic carbocycles. The van der Waals surface area contributed by atoms with E-state index in [1.165, 1.54) is 37.7 Å². The monoisotopic (exact) mass is 462 g/mol. The summed E-state index contributed by atoms with van der Waals surface area (Å²) in [5, 5.41) is 10.8. The Morgan fingerprint density at radius 3 is 2.59 bits per heavy atom. The van der Waals surface area contributed by atoms with Crippen molar-refractivity contribution in [1.29, 1.82) is 5.26 Å². The maximum Gasteiger partial charge on any atom is 0.262 e. The molecule has 2 heterocycles. The van der Waals surface area contributed by atoms with Gasteiger partial charge in [-0.25, -0.2) is 0 Å². The average Bonchev–Trinajstić information content (AvgIpc) is 3.32. The Bertz CT molecular complexity index is 1460. The Balaban J connectivity index is 1.58. The molecule has 0 saturated carbocycles. The number of aromatic nitrogens is 1. The molecule has 0 N–H and O–H groups in total. The number of rotatable bonds is 5. The maximum absolute atomic E-state index is 9.55. The summed E-state index contributed by atoms with van der Waals surface area (Å²) in [5.41, 5.74) is 6.66. The third-order valence-corrected chi connectivity index (χ3v) is 7.99. The number of nitrogens with zero attached hydrogens (tertiary/aromatic N) is 3. The molecule has 0 radical (unpaired) electrons. The summed E-state index contributed by atoms with van der Waals surface area (Å²) in [7, 11) is 2.13. The predicted molar refractivity (Wildman–Crippen MR) is 142 cm³/mol. The lowest BCUT2D eigenvalue weighted by atomic mass is 9.76. The van der Waals surface area contributed by atoms with E-state index in [1.807, 2.05) is 17.4 Å². The van der Waals surface area contributed by atoms with Crippen molar-refractivity contribution in [3.63, 3.8) is 0 Å². The molecule has 5 rings (SSSR count). The van der Waals surface area contributed by atoms with Crippen molar-refractivity contribution < 1.29 is 4.57 Å². The van der Waals surface area contributed by atoms with E-state index in [4.69, 9.17) is 0 Å². The third kappa shape index (κ3) is 3.73.